The quantitative estimate of drug-likeness (QED) is 0.737. The van der Waals surface area contributed by atoms with Crippen LogP contribution in [-0.2, 0) is 4.74 Å². The van der Waals surface area contributed by atoms with Gasteiger partial charge in [-0.15, -0.1) is 0 Å². The van der Waals surface area contributed by atoms with Crippen molar-refractivity contribution in [3.63, 3.8) is 0 Å². The molecule has 2 rings (SSSR count). The van der Waals surface area contributed by atoms with Crippen LogP contribution >= 0.6 is 0 Å². The van der Waals surface area contributed by atoms with Crippen LogP contribution in [0.5, 0.6) is 0 Å². The summed E-state index contributed by atoms with van der Waals surface area (Å²) in [5.41, 5.74) is 0. The second kappa shape index (κ2) is 7.93. The number of hydrogen-bond acceptors (Lipinski definition) is 3. The Morgan fingerprint density at radius 3 is 2.78 bits per heavy atom. The van der Waals surface area contributed by atoms with Crippen LogP contribution in [0.15, 0.2) is 12.2 Å². The fraction of sp³-hybridized carbons (Fsp3) is 0.867. The molecular weight excluding hydrogens is 226 g/mol. The van der Waals surface area contributed by atoms with Gasteiger partial charge >= 0.3 is 0 Å². The van der Waals surface area contributed by atoms with Gasteiger partial charge in [-0.1, -0.05) is 18.6 Å². The van der Waals surface area contributed by atoms with E-state index in [4.69, 9.17) is 4.74 Å². The molecule has 0 spiro atoms. The molecule has 2 aliphatic rings. The summed E-state index contributed by atoms with van der Waals surface area (Å²) in [5, 5.41) is 9.95. The Balaban J connectivity index is 1.53. The minimum absolute atomic E-state index is 0.317. The molecule has 0 bridgehead atoms. The molecule has 3 nitrogen and oxygen atoms in total. The summed E-state index contributed by atoms with van der Waals surface area (Å²) >= 11 is 0. The van der Waals surface area contributed by atoms with Crippen molar-refractivity contribution in [1.82, 2.24) is 4.90 Å². The van der Waals surface area contributed by atoms with Crippen LogP contribution in [0.25, 0.3) is 0 Å². The van der Waals surface area contributed by atoms with Gasteiger partial charge in [0.15, 0.2) is 0 Å². The first-order valence-corrected chi connectivity index (χ1v) is 7.48. The highest BCUT2D eigenvalue weighted by Crippen LogP contribution is 2.18. The smallest absolute Gasteiger partial charge is 0.0900 e. The van der Waals surface area contributed by atoms with Gasteiger partial charge in [0.1, 0.15) is 0 Å². The van der Waals surface area contributed by atoms with Gasteiger partial charge in [0.2, 0.25) is 0 Å². The number of hydrogen-bond donors (Lipinski definition) is 1. The van der Waals surface area contributed by atoms with Crippen molar-refractivity contribution in [2.24, 2.45) is 5.92 Å². The van der Waals surface area contributed by atoms with Crippen molar-refractivity contribution in [2.45, 2.75) is 44.6 Å². The monoisotopic (exact) mass is 253 g/mol. The van der Waals surface area contributed by atoms with E-state index in [2.05, 4.69) is 17.1 Å². The molecule has 0 saturated carbocycles. The van der Waals surface area contributed by atoms with Crippen LogP contribution in [0.3, 0.4) is 0 Å². The van der Waals surface area contributed by atoms with Crippen LogP contribution in [0, 0.1) is 5.92 Å². The first-order chi connectivity index (χ1) is 8.84. The number of rotatable bonds is 6. The van der Waals surface area contributed by atoms with E-state index >= 15 is 0 Å². The van der Waals surface area contributed by atoms with E-state index < -0.39 is 0 Å². The molecule has 1 saturated heterocycles. The number of aliphatic hydroxyl groups excluding tert-OH is 1. The Labute approximate surface area is 111 Å². The van der Waals surface area contributed by atoms with Gasteiger partial charge < -0.3 is 14.7 Å². The average Bonchev–Trinajstić information content (AvgIpc) is 2.41. The van der Waals surface area contributed by atoms with E-state index in [1.165, 1.54) is 32.1 Å². The number of allylic oxidation sites excluding steroid dienone is 2. The van der Waals surface area contributed by atoms with E-state index in [9.17, 15) is 5.11 Å². The lowest BCUT2D eigenvalue weighted by molar-refractivity contribution is 0.00120. The zero-order valence-corrected chi connectivity index (χ0v) is 11.4. The number of piperidine rings is 1. The standard InChI is InChI=1S/C15H27NO2/c17-15(11-16-9-5-2-6-10-16)13-18-12-14-7-3-1-4-8-14/h1,3,14-15,17H,2,4-13H2. The summed E-state index contributed by atoms with van der Waals surface area (Å²) in [6.07, 6.45) is 11.7. The Bertz CT molecular complexity index is 249. The zero-order valence-electron chi connectivity index (χ0n) is 11.4. The molecule has 18 heavy (non-hydrogen) atoms. The van der Waals surface area contributed by atoms with Crippen LogP contribution < -0.4 is 0 Å². The third-order valence-corrected chi connectivity index (χ3v) is 3.96. The maximum Gasteiger partial charge on any atom is 0.0900 e. The summed E-state index contributed by atoms with van der Waals surface area (Å²) in [6.45, 7) is 4.37. The lowest BCUT2D eigenvalue weighted by Gasteiger charge is -2.28. The molecule has 104 valence electrons. The van der Waals surface area contributed by atoms with Gasteiger partial charge in [-0.2, -0.15) is 0 Å². The van der Waals surface area contributed by atoms with E-state index in [1.807, 2.05) is 0 Å². The van der Waals surface area contributed by atoms with Crippen molar-refractivity contribution in [2.75, 3.05) is 32.8 Å². The van der Waals surface area contributed by atoms with Gasteiger partial charge in [0.05, 0.1) is 12.7 Å². The van der Waals surface area contributed by atoms with E-state index in [-0.39, 0.29) is 6.10 Å². The fourth-order valence-corrected chi connectivity index (χ4v) is 2.87. The molecule has 1 N–H and O–H groups in total. The number of ether oxygens (including phenoxy) is 1. The van der Waals surface area contributed by atoms with E-state index in [0.717, 1.165) is 32.7 Å². The Hall–Kier alpha value is -0.380. The van der Waals surface area contributed by atoms with E-state index in [1.54, 1.807) is 0 Å². The summed E-state index contributed by atoms with van der Waals surface area (Å²) in [6, 6.07) is 0. The lowest BCUT2D eigenvalue weighted by atomic mass is 9.95. The van der Waals surface area contributed by atoms with Crippen molar-refractivity contribution in [3.8, 4) is 0 Å². The molecule has 2 unspecified atom stereocenters. The minimum atomic E-state index is -0.317. The average molecular weight is 253 g/mol. The molecule has 0 aromatic heterocycles. The first kappa shape index (κ1) is 14.0. The number of likely N-dealkylation sites (tertiary alicyclic amines) is 1. The molecule has 0 amide bonds. The molecule has 3 heteroatoms. The molecule has 1 aliphatic carbocycles. The Kier molecular flexibility index (Phi) is 6.18. The number of nitrogens with zero attached hydrogens (tertiary/aromatic N) is 1. The van der Waals surface area contributed by atoms with Gasteiger partial charge in [0.25, 0.3) is 0 Å². The van der Waals surface area contributed by atoms with Gasteiger partial charge in [-0.25, -0.2) is 0 Å². The summed E-state index contributed by atoms with van der Waals surface area (Å²) in [7, 11) is 0. The zero-order chi connectivity index (χ0) is 12.6. The topological polar surface area (TPSA) is 32.7 Å². The predicted molar refractivity (Wildman–Crippen MR) is 73.6 cm³/mol. The summed E-state index contributed by atoms with van der Waals surface area (Å²) < 4.78 is 5.67. The molecule has 2 atom stereocenters. The largest absolute Gasteiger partial charge is 0.389 e. The molecule has 0 radical (unpaired) electrons. The SMILES string of the molecule is OC(COCC1CC=CCC1)CN1CCCCC1. The number of aliphatic hydroxyl groups is 1. The molecule has 1 heterocycles. The van der Waals surface area contributed by atoms with Crippen molar-refractivity contribution >= 4 is 0 Å². The highest BCUT2D eigenvalue weighted by atomic mass is 16.5. The first-order valence-electron chi connectivity index (χ1n) is 7.48. The van der Waals surface area contributed by atoms with E-state index in [0.29, 0.717) is 12.5 Å². The number of β-amino-alcohol motifs (C(OH)–C–C–N with tert-alkyl or cyclic N) is 1. The second-order valence-electron chi connectivity index (χ2n) is 5.70. The second-order valence-corrected chi connectivity index (χ2v) is 5.70. The normalized spacial score (nSPS) is 27.3. The van der Waals surface area contributed by atoms with Crippen LogP contribution in [-0.4, -0.2) is 49.0 Å². The Morgan fingerprint density at radius 2 is 2.06 bits per heavy atom. The van der Waals surface area contributed by atoms with Gasteiger partial charge in [-0.05, 0) is 51.1 Å². The maximum absolute atomic E-state index is 9.95. The van der Waals surface area contributed by atoms with Crippen LogP contribution in [0.2, 0.25) is 0 Å². The van der Waals surface area contributed by atoms with Gasteiger partial charge in [0, 0.05) is 13.2 Å². The third-order valence-electron chi connectivity index (χ3n) is 3.96. The molecule has 1 aliphatic heterocycles. The molecule has 0 aromatic rings. The summed E-state index contributed by atoms with van der Waals surface area (Å²) in [5.74, 6) is 0.664. The predicted octanol–water partition coefficient (Wildman–Crippen LogP) is 2.21. The van der Waals surface area contributed by atoms with Crippen molar-refractivity contribution in [3.05, 3.63) is 12.2 Å². The van der Waals surface area contributed by atoms with Crippen molar-refractivity contribution in [1.29, 1.82) is 0 Å². The molecular formula is C15H27NO2. The minimum Gasteiger partial charge on any atom is -0.389 e. The third kappa shape index (κ3) is 5.09. The molecule has 0 aromatic carbocycles. The van der Waals surface area contributed by atoms with Gasteiger partial charge in [-0.3, -0.25) is 0 Å². The highest BCUT2D eigenvalue weighted by Gasteiger charge is 2.15. The highest BCUT2D eigenvalue weighted by molar-refractivity contribution is 4.89. The lowest BCUT2D eigenvalue weighted by Crippen LogP contribution is -2.38. The van der Waals surface area contributed by atoms with Crippen LogP contribution in [0.4, 0.5) is 0 Å². The maximum atomic E-state index is 9.95. The van der Waals surface area contributed by atoms with Crippen molar-refractivity contribution < 1.29 is 9.84 Å². The van der Waals surface area contributed by atoms with Crippen LogP contribution in [0.1, 0.15) is 38.5 Å². The molecule has 1 fully saturated rings. The fourth-order valence-electron chi connectivity index (χ4n) is 2.87. The summed E-state index contributed by atoms with van der Waals surface area (Å²) in [4.78, 5) is 2.36. The Morgan fingerprint density at radius 1 is 1.22 bits per heavy atom.